The molecule has 1 saturated heterocycles. The summed E-state index contributed by atoms with van der Waals surface area (Å²) in [6, 6.07) is 0. The molecule has 0 bridgehead atoms. The van der Waals surface area contributed by atoms with Gasteiger partial charge in [-0.2, -0.15) is 0 Å². The second kappa shape index (κ2) is 6.10. The smallest absolute Gasteiger partial charge is 0.150 e. The average molecular weight is 302 g/mol. The molecule has 3 rings (SSSR count). The molecule has 0 spiro atoms. The van der Waals surface area contributed by atoms with Crippen molar-refractivity contribution in [3.05, 3.63) is 33.7 Å². The Kier molecular flexibility index (Phi) is 4.19. The molecule has 1 aliphatic rings. The van der Waals surface area contributed by atoms with Crippen LogP contribution in [0.25, 0.3) is 0 Å². The van der Waals surface area contributed by atoms with Gasteiger partial charge in [-0.3, -0.25) is 4.98 Å². The number of aromatic nitrogens is 3. The Morgan fingerprint density at radius 2 is 2.19 bits per heavy atom. The van der Waals surface area contributed by atoms with E-state index < -0.39 is 0 Å². The lowest BCUT2D eigenvalue weighted by Crippen LogP contribution is -2.35. The summed E-state index contributed by atoms with van der Waals surface area (Å²) in [6.07, 6.45) is 5.29. The summed E-state index contributed by atoms with van der Waals surface area (Å²) in [7, 11) is 0. The molecule has 0 saturated carbocycles. The van der Waals surface area contributed by atoms with Crippen LogP contribution in [0.2, 0.25) is 0 Å². The number of piperidine rings is 1. The van der Waals surface area contributed by atoms with E-state index in [1.54, 1.807) is 0 Å². The van der Waals surface area contributed by atoms with Gasteiger partial charge in [0.05, 0.1) is 22.1 Å². The largest absolute Gasteiger partial charge is 0.354 e. The van der Waals surface area contributed by atoms with Crippen molar-refractivity contribution in [1.82, 2.24) is 15.0 Å². The van der Waals surface area contributed by atoms with Gasteiger partial charge in [0, 0.05) is 30.6 Å². The first-order chi connectivity index (χ1) is 10.2. The minimum atomic E-state index is 0.533. The van der Waals surface area contributed by atoms with E-state index in [1.165, 1.54) is 23.5 Å². The highest BCUT2D eigenvalue weighted by atomic mass is 32.1. The van der Waals surface area contributed by atoms with Crippen molar-refractivity contribution in [3.63, 3.8) is 0 Å². The molecule has 112 valence electrons. The van der Waals surface area contributed by atoms with E-state index in [2.05, 4.69) is 22.2 Å². The molecule has 3 heterocycles. The molecule has 0 aliphatic carbocycles. The molecule has 1 atom stereocenters. The molecule has 5 heteroatoms. The molecule has 2 aromatic rings. The summed E-state index contributed by atoms with van der Waals surface area (Å²) in [5.41, 5.74) is 3.23. The number of hydrogen-bond donors (Lipinski definition) is 0. The lowest BCUT2D eigenvalue weighted by Gasteiger charge is -2.33. The fourth-order valence-corrected chi connectivity index (χ4v) is 3.90. The summed E-state index contributed by atoms with van der Waals surface area (Å²) < 4.78 is 0. The Morgan fingerprint density at radius 1 is 1.33 bits per heavy atom. The Bertz CT molecular complexity index is 622. The van der Waals surface area contributed by atoms with Crippen molar-refractivity contribution in [2.24, 2.45) is 0 Å². The second-order valence-electron chi connectivity index (χ2n) is 5.74. The first-order valence-electron chi connectivity index (χ1n) is 7.67. The number of nitrogens with zero attached hydrogens (tertiary/aromatic N) is 4. The lowest BCUT2D eigenvalue weighted by molar-refractivity contribution is 0.503. The highest BCUT2D eigenvalue weighted by molar-refractivity contribution is 7.09. The van der Waals surface area contributed by atoms with Gasteiger partial charge in [-0.1, -0.05) is 6.92 Å². The molecule has 1 fully saturated rings. The fraction of sp³-hybridized carbons (Fsp3) is 0.562. The summed E-state index contributed by atoms with van der Waals surface area (Å²) in [4.78, 5) is 16.3. The van der Waals surface area contributed by atoms with Crippen LogP contribution in [0, 0.1) is 13.8 Å². The van der Waals surface area contributed by atoms with Gasteiger partial charge < -0.3 is 4.90 Å². The van der Waals surface area contributed by atoms with Gasteiger partial charge in [0.15, 0.2) is 0 Å². The van der Waals surface area contributed by atoms with Crippen molar-refractivity contribution >= 4 is 17.2 Å². The predicted octanol–water partition coefficient (Wildman–Crippen LogP) is 3.50. The topological polar surface area (TPSA) is 41.9 Å². The minimum Gasteiger partial charge on any atom is -0.354 e. The highest BCUT2D eigenvalue weighted by Gasteiger charge is 2.25. The third kappa shape index (κ3) is 3.07. The number of rotatable bonds is 3. The van der Waals surface area contributed by atoms with Crippen molar-refractivity contribution in [1.29, 1.82) is 0 Å². The predicted molar refractivity (Wildman–Crippen MR) is 87.2 cm³/mol. The second-order valence-corrected chi connectivity index (χ2v) is 6.63. The van der Waals surface area contributed by atoms with E-state index >= 15 is 0 Å². The maximum Gasteiger partial charge on any atom is 0.150 e. The van der Waals surface area contributed by atoms with Crippen LogP contribution in [-0.2, 0) is 6.42 Å². The normalized spacial score (nSPS) is 19.0. The number of aryl methyl sites for hydroxylation is 3. The van der Waals surface area contributed by atoms with Crippen LogP contribution in [0.3, 0.4) is 0 Å². The first kappa shape index (κ1) is 14.4. The van der Waals surface area contributed by atoms with Gasteiger partial charge in [0.25, 0.3) is 0 Å². The van der Waals surface area contributed by atoms with Gasteiger partial charge in [-0.25, -0.2) is 9.97 Å². The zero-order chi connectivity index (χ0) is 14.8. The van der Waals surface area contributed by atoms with E-state index in [0.717, 1.165) is 36.7 Å². The SMILES string of the molecule is CCc1csc([C@@H]2CCCN(c3nc(C)cnc3C)C2)n1. The van der Waals surface area contributed by atoms with Crippen LogP contribution < -0.4 is 4.90 Å². The Hall–Kier alpha value is -1.49. The number of hydrogen-bond acceptors (Lipinski definition) is 5. The lowest BCUT2D eigenvalue weighted by atomic mass is 9.98. The Morgan fingerprint density at radius 3 is 2.95 bits per heavy atom. The van der Waals surface area contributed by atoms with E-state index in [-0.39, 0.29) is 0 Å². The molecule has 21 heavy (non-hydrogen) atoms. The Balaban J connectivity index is 1.80. The fourth-order valence-electron chi connectivity index (χ4n) is 2.87. The molecule has 4 nitrogen and oxygen atoms in total. The van der Waals surface area contributed by atoms with Gasteiger partial charge in [0.2, 0.25) is 0 Å². The number of anilines is 1. The van der Waals surface area contributed by atoms with Gasteiger partial charge in [-0.15, -0.1) is 11.3 Å². The van der Waals surface area contributed by atoms with E-state index in [0.29, 0.717) is 5.92 Å². The first-order valence-corrected chi connectivity index (χ1v) is 8.54. The molecule has 1 aliphatic heterocycles. The van der Waals surface area contributed by atoms with Crippen LogP contribution in [0.4, 0.5) is 5.82 Å². The summed E-state index contributed by atoms with van der Waals surface area (Å²) in [6.45, 7) is 8.30. The molecule has 0 N–H and O–H groups in total. The third-order valence-electron chi connectivity index (χ3n) is 4.05. The van der Waals surface area contributed by atoms with E-state index in [1.807, 2.05) is 31.4 Å². The third-order valence-corrected chi connectivity index (χ3v) is 5.11. The summed E-state index contributed by atoms with van der Waals surface area (Å²) in [5.74, 6) is 1.58. The van der Waals surface area contributed by atoms with Crippen molar-refractivity contribution in [3.8, 4) is 0 Å². The van der Waals surface area contributed by atoms with Gasteiger partial charge in [0.1, 0.15) is 5.82 Å². The molecule has 0 aromatic carbocycles. The minimum absolute atomic E-state index is 0.533. The van der Waals surface area contributed by atoms with Crippen LogP contribution in [0.5, 0.6) is 0 Å². The van der Waals surface area contributed by atoms with Crippen LogP contribution in [0.1, 0.15) is 47.8 Å². The summed E-state index contributed by atoms with van der Waals surface area (Å²) >= 11 is 1.81. The zero-order valence-corrected chi connectivity index (χ0v) is 13.8. The van der Waals surface area contributed by atoms with E-state index in [9.17, 15) is 0 Å². The van der Waals surface area contributed by atoms with Crippen LogP contribution >= 0.6 is 11.3 Å². The molecule has 0 radical (unpaired) electrons. The molecule has 0 amide bonds. The van der Waals surface area contributed by atoms with Crippen molar-refractivity contribution in [2.45, 2.75) is 46.0 Å². The molecular weight excluding hydrogens is 280 g/mol. The van der Waals surface area contributed by atoms with Crippen molar-refractivity contribution < 1.29 is 0 Å². The quantitative estimate of drug-likeness (QED) is 0.870. The maximum atomic E-state index is 4.78. The average Bonchev–Trinajstić information content (AvgIpc) is 2.99. The maximum absolute atomic E-state index is 4.78. The van der Waals surface area contributed by atoms with E-state index in [4.69, 9.17) is 9.97 Å². The van der Waals surface area contributed by atoms with Crippen LogP contribution in [-0.4, -0.2) is 28.0 Å². The highest BCUT2D eigenvalue weighted by Crippen LogP contribution is 2.31. The van der Waals surface area contributed by atoms with Crippen LogP contribution in [0.15, 0.2) is 11.6 Å². The Labute approximate surface area is 130 Å². The van der Waals surface area contributed by atoms with Gasteiger partial charge in [-0.05, 0) is 33.1 Å². The van der Waals surface area contributed by atoms with Gasteiger partial charge >= 0.3 is 0 Å². The summed E-state index contributed by atoms with van der Waals surface area (Å²) in [5, 5.41) is 3.49. The number of thiazole rings is 1. The zero-order valence-electron chi connectivity index (χ0n) is 13.0. The molecular formula is C16H22N4S. The molecule has 2 aromatic heterocycles. The monoisotopic (exact) mass is 302 g/mol. The molecule has 0 unspecified atom stereocenters. The van der Waals surface area contributed by atoms with Crippen molar-refractivity contribution in [2.75, 3.05) is 18.0 Å². The standard InChI is InChI=1S/C16H22N4S/c1-4-14-10-21-16(19-14)13-6-5-7-20(9-13)15-12(3)17-8-11(2)18-15/h8,10,13H,4-7,9H2,1-3H3/t13-/m1/s1.